The molecule has 0 N–H and O–H groups in total. The van der Waals surface area contributed by atoms with Gasteiger partial charge < -0.3 is 23.7 Å². The van der Waals surface area contributed by atoms with Gasteiger partial charge in [0.05, 0.1) is 20.8 Å². The van der Waals surface area contributed by atoms with Gasteiger partial charge in [-0.3, -0.25) is 0 Å². The van der Waals surface area contributed by atoms with E-state index in [0.717, 1.165) is 5.56 Å². The number of methoxy groups -OCH3 is 4. The zero-order valence-electron chi connectivity index (χ0n) is 15.4. The lowest BCUT2D eigenvalue weighted by molar-refractivity contribution is -0.250. The number of ether oxygens (including phenoxy) is 5. The van der Waals surface area contributed by atoms with Crippen LogP contribution in [0.5, 0.6) is 5.75 Å². The minimum Gasteiger partial charge on any atom is -0.497 e. The molecule has 2 aromatic rings. The molecule has 0 aliphatic rings. The Balaban J connectivity index is 2.49. The van der Waals surface area contributed by atoms with Gasteiger partial charge >= 0.3 is 5.97 Å². The fraction of sp³-hybridized carbons (Fsp3) is 0.350. The summed E-state index contributed by atoms with van der Waals surface area (Å²) < 4.78 is 27.2. The highest BCUT2D eigenvalue weighted by atomic mass is 16.7. The Morgan fingerprint density at radius 1 is 0.923 bits per heavy atom. The van der Waals surface area contributed by atoms with Crippen molar-refractivity contribution in [3.63, 3.8) is 0 Å². The fourth-order valence-corrected chi connectivity index (χ4v) is 2.75. The lowest BCUT2D eigenvalue weighted by Gasteiger charge is -2.36. The summed E-state index contributed by atoms with van der Waals surface area (Å²) in [6, 6.07) is 16.5. The van der Waals surface area contributed by atoms with Crippen molar-refractivity contribution in [1.82, 2.24) is 0 Å². The van der Waals surface area contributed by atoms with Crippen molar-refractivity contribution in [1.29, 1.82) is 0 Å². The van der Waals surface area contributed by atoms with Crippen LogP contribution in [0.3, 0.4) is 0 Å². The minimum atomic E-state index is -1.60. The number of hydrogen-bond acceptors (Lipinski definition) is 6. The van der Waals surface area contributed by atoms with E-state index in [-0.39, 0.29) is 6.61 Å². The van der Waals surface area contributed by atoms with Crippen LogP contribution in [0, 0.1) is 0 Å². The van der Waals surface area contributed by atoms with E-state index < -0.39 is 17.9 Å². The molecule has 140 valence electrons. The quantitative estimate of drug-likeness (QED) is 0.506. The third kappa shape index (κ3) is 4.04. The molecule has 2 aromatic carbocycles. The molecule has 6 heteroatoms. The molecule has 6 nitrogen and oxygen atoms in total. The zero-order chi connectivity index (χ0) is 19.0. The highest BCUT2D eigenvalue weighted by Crippen LogP contribution is 2.35. The number of carbonyl (C=O) groups is 1. The molecule has 1 atom stereocenters. The van der Waals surface area contributed by atoms with E-state index in [4.69, 9.17) is 23.7 Å². The van der Waals surface area contributed by atoms with Gasteiger partial charge in [-0.25, -0.2) is 4.79 Å². The van der Waals surface area contributed by atoms with E-state index in [0.29, 0.717) is 11.3 Å². The topological polar surface area (TPSA) is 63.2 Å². The van der Waals surface area contributed by atoms with Crippen LogP contribution in [0.2, 0.25) is 0 Å². The first-order valence-corrected chi connectivity index (χ1v) is 8.08. The molecule has 0 unspecified atom stereocenters. The van der Waals surface area contributed by atoms with Crippen LogP contribution in [0.1, 0.15) is 11.1 Å². The van der Waals surface area contributed by atoms with E-state index in [1.807, 2.05) is 30.3 Å². The normalized spacial score (nSPS) is 13.3. The molecule has 0 spiro atoms. The van der Waals surface area contributed by atoms with Crippen LogP contribution >= 0.6 is 0 Å². The van der Waals surface area contributed by atoms with Crippen molar-refractivity contribution in [3.8, 4) is 5.75 Å². The van der Waals surface area contributed by atoms with Crippen molar-refractivity contribution in [2.24, 2.45) is 0 Å². The van der Waals surface area contributed by atoms with E-state index in [1.54, 1.807) is 31.4 Å². The molecule has 0 saturated carbocycles. The minimum absolute atomic E-state index is 0.172. The highest BCUT2D eigenvalue weighted by Gasteiger charge is 2.51. The lowest BCUT2D eigenvalue weighted by Crippen LogP contribution is -2.51. The monoisotopic (exact) mass is 360 g/mol. The maximum absolute atomic E-state index is 12.8. The first-order chi connectivity index (χ1) is 12.6. The van der Waals surface area contributed by atoms with Crippen molar-refractivity contribution >= 4 is 5.97 Å². The predicted octanol–water partition coefficient (Wildman–Crippen LogP) is 2.90. The van der Waals surface area contributed by atoms with Gasteiger partial charge in [-0.15, -0.1) is 0 Å². The van der Waals surface area contributed by atoms with E-state index in [9.17, 15) is 4.79 Å². The van der Waals surface area contributed by atoms with E-state index in [2.05, 4.69) is 0 Å². The Hall–Kier alpha value is -2.41. The van der Waals surface area contributed by atoms with Crippen molar-refractivity contribution < 1.29 is 28.5 Å². The summed E-state index contributed by atoms with van der Waals surface area (Å²) >= 11 is 0. The molecule has 2 rings (SSSR count). The van der Waals surface area contributed by atoms with Crippen LogP contribution in [0.15, 0.2) is 54.6 Å². The average Bonchev–Trinajstić information content (AvgIpc) is 2.71. The Morgan fingerprint density at radius 2 is 1.54 bits per heavy atom. The Morgan fingerprint density at radius 3 is 2.04 bits per heavy atom. The van der Waals surface area contributed by atoms with E-state index >= 15 is 0 Å². The van der Waals surface area contributed by atoms with Crippen molar-refractivity contribution in [2.75, 3.05) is 28.4 Å². The molecule has 0 aliphatic carbocycles. The largest absolute Gasteiger partial charge is 0.497 e. The van der Waals surface area contributed by atoms with Crippen molar-refractivity contribution in [2.45, 2.75) is 18.5 Å². The number of hydrogen-bond donors (Lipinski definition) is 0. The van der Waals surface area contributed by atoms with Crippen LogP contribution in [0.4, 0.5) is 0 Å². The summed E-state index contributed by atoms with van der Waals surface area (Å²) in [6.45, 7) is 0.172. The summed E-state index contributed by atoms with van der Waals surface area (Å²) in [7, 11) is 5.76. The smallest absolute Gasteiger partial charge is 0.348 e. The summed E-state index contributed by atoms with van der Waals surface area (Å²) in [5.74, 6) is 0.0363. The van der Waals surface area contributed by atoms with Gasteiger partial charge in [0.1, 0.15) is 5.75 Å². The molecule has 0 saturated heterocycles. The third-order valence-electron chi connectivity index (χ3n) is 4.08. The second-order valence-corrected chi connectivity index (χ2v) is 5.53. The van der Waals surface area contributed by atoms with Gasteiger partial charge in [0.15, 0.2) is 0 Å². The Bertz CT molecular complexity index is 681. The maximum atomic E-state index is 12.8. The molecule has 0 heterocycles. The Kier molecular flexibility index (Phi) is 7.15. The molecule has 0 radical (unpaired) electrons. The summed E-state index contributed by atoms with van der Waals surface area (Å²) in [6.07, 6.45) is -1.01. The molecule has 0 bridgehead atoms. The third-order valence-corrected chi connectivity index (χ3v) is 4.08. The van der Waals surface area contributed by atoms with Gasteiger partial charge in [-0.2, -0.15) is 0 Å². The molecule has 0 fully saturated rings. The molecule has 0 aliphatic heterocycles. The van der Waals surface area contributed by atoms with Gasteiger partial charge in [-0.1, -0.05) is 42.5 Å². The highest BCUT2D eigenvalue weighted by molar-refractivity contribution is 5.82. The second kappa shape index (κ2) is 9.33. The van der Waals surface area contributed by atoms with Gasteiger partial charge in [0.25, 0.3) is 0 Å². The standard InChI is InChI=1S/C20H24O6/c1-22-17-12-10-16(11-13-17)20(18(21)23-2,19(24-3)25-4)26-14-15-8-6-5-7-9-15/h5-13,19H,14H2,1-4H3/t20-/m0/s1. The number of rotatable bonds is 9. The van der Waals surface area contributed by atoms with Crippen LogP contribution in [0.25, 0.3) is 0 Å². The molecule has 0 aromatic heterocycles. The average molecular weight is 360 g/mol. The molecular weight excluding hydrogens is 336 g/mol. The second-order valence-electron chi connectivity index (χ2n) is 5.53. The van der Waals surface area contributed by atoms with Crippen LogP contribution in [-0.2, 0) is 35.9 Å². The molecule has 26 heavy (non-hydrogen) atoms. The number of carbonyl (C=O) groups excluding carboxylic acids is 1. The molecule has 0 amide bonds. The fourth-order valence-electron chi connectivity index (χ4n) is 2.75. The zero-order valence-corrected chi connectivity index (χ0v) is 15.4. The molecular formula is C20H24O6. The summed E-state index contributed by atoms with van der Waals surface area (Å²) in [5.41, 5.74) is -0.157. The lowest BCUT2D eigenvalue weighted by atomic mass is 9.92. The summed E-state index contributed by atoms with van der Waals surface area (Å²) in [4.78, 5) is 12.8. The first-order valence-electron chi connectivity index (χ1n) is 8.08. The van der Waals surface area contributed by atoms with Crippen LogP contribution in [-0.4, -0.2) is 40.7 Å². The van der Waals surface area contributed by atoms with Crippen molar-refractivity contribution in [3.05, 3.63) is 65.7 Å². The summed E-state index contributed by atoms with van der Waals surface area (Å²) in [5, 5.41) is 0. The van der Waals surface area contributed by atoms with Gasteiger partial charge in [0.2, 0.25) is 11.9 Å². The first kappa shape index (κ1) is 19.9. The van der Waals surface area contributed by atoms with Gasteiger partial charge in [-0.05, 0) is 17.7 Å². The van der Waals surface area contributed by atoms with E-state index in [1.165, 1.54) is 21.3 Å². The van der Waals surface area contributed by atoms with Gasteiger partial charge in [0, 0.05) is 19.8 Å². The predicted molar refractivity (Wildman–Crippen MR) is 95.7 cm³/mol. The SMILES string of the molecule is COC(=O)[C@@](OCc1ccccc1)(c1ccc(OC)cc1)C(OC)OC. The number of esters is 1. The Labute approximate surface area is 153 Å². The van der Waals surface area contributed by atoms with Crippen LogP contribution < -0.4 is 4.74 Å². The maximum Gasteiger partial charge on any atom is 0.348 e. The number of benzene rings is 2.